The molecular formula is C15H20ClN5. The molecule has 112 valence electrons. The molecule has 0 spiro atoms. The van der Waals surface area contributed by atoms with Gasteiger partial charge in [0.2, 0.25) is 5.95 Å². The number of hydrogen-bond donors (Lipinski definition) is 2. The number of nitrogens with one attached hydrogen (secondary N) is 1. The predicted octanol–water partition coefficient (Wildman–Crippen LogP) is 2.96. The van der Waals surface area contributed by atoms with Gasteiger partial charge in [-0.1, -0.05) is 23.7 Å². The molecule has 5 nitrogen and oxygen atoms in total. The Morgan fingerprint density at radius 2 is 2.10 bits per heavy atom. The minimum absolute atomic E-state index is 0.177. The van der Waals surface area contributed by atoms with Crippen LogP contribution in [0, 0.1) is 6.92 Å². The van der Waals surface area contributed by atoms with Crippen LogP contribution < -0.4 is 16.0 Å². The van der Waals surface area contributed by atoms with E-state index in [0.717, 1.165) is 19.6 Å². The molecule has 1 aromatic carbocycles. The second-order valence-electron chi connectivity index (χ2n) is 4.78. The number of rotatable bonds is 6. The van der Waals surface area contributed by atoms with E-state index in [4.69, 9.17) is 17.3 Å². The Bertz CT molecular complexity index is 582. The second kappa shape index (κ2) is 7.13. The Labute approximate surface area is 130 Å². The van der Waals surface area contributed by atoms with Crippen LogP contribution in [0.3, 0.4) is 0 Å². The lowest BCUT2D eigenvalue weighted by molar-refractivity contribution is 0.832. The second-order valence-corrected chi connectivity index (χ2v) is 5.17. The number of aryl methyl sites for hydroxylation is 1. The summed E-state index contributed by atoms with van der Waals surface area (Å²) in [5.41, 5.74) is 8.05. The van der Waals surface area contributed by atoms with Gasteiger partial charge >= 0.3 is 0 Å². The summed E-state index contributed by atoms with van der Waals surface area (Å²) in [5.74, 6) is 0.823. The smallest absolute Gasteiger partial charge is 0.223 e. The monoisotopic (exact) mass is 305 g/mol. The third kappa shape index (κ3) is 4.49. The molecular weight excluding hydrogens is 286 g/mol. The summed E-state index contributed by atoms with van der Waals surface area (Å²) >= 11 is 5.85. The van der Waals surface area contributed by atoms with Crippen molar-refractivity contribution in [1.29, 1.82) is 0 Å². The van der Waals surface area contributed by atoms with Crippen molar-refractivity contribution in [2.24, 2.45) is 0 Å². The number of halogens is 1. The summed E-state index contributed by atoms with van der Waals surface area (Å²) in [6, 6.07) is 10.1. The van der Waals surface area contributed by atoms with Gasteiger partial charge in [-0.2, -0.15) is 4.98 Å². The highest BCUT2D eigenvalue weighted by molar-refractivity contribution is 6.29. The third-order valence-electron chi connectivity index (χ3n) is 3.15. The molecule has 2 aromatic rings. The summed E-state index contributed by atoms with van der Waals surface area (Å²) in [4.78, 5) is 10.2. The maximum Gasteiger partial charge on any atom is 0.223 e. The maximum atomic E-state index is 5.85. The molecule has 0 atom stereocenters. The van der Waals surface area contributed by atoms with Crippen LogP contribution in [0.5, 0.6) is 0 Å². The molecule has 0 saturated carbocycles. The highest BCUT2D eigenvalue weighted by Crippen LogP contribution is 2.16. The van der Waals surface area contributed by atoms with Crippen molar-refractivity contribution >= 4 is 29.1 Å². The molecule has 2 rings (SSSR count). The highest BCUT2D eigenvalue weighted by Gasteiger charge is 2.05. The summed E-state index contributed by atoms with van der Waals surface area (Å²) < 4.78 is 0. The normalized spacial score (nSPS) is 10.4. The Balaban J connectivity index is 1.94. The molecule has 0 bridgehead atoms. The molecule has 0 fully saturated rings. The van der Waals surface area contributed by atoms with Gasteiger partial charge in [-0.15, -0.1) is 0 Å². The van der Waals surface area contributed by atoms with Gasteiger partial charge in [0.05, 0.1) is 0 Å². The molecule has 0 saturated heterocycles. The molecule has 0 aliphatic carbocycles. The zero-order valence-electron chi connectivity index (χ0n) is 12.3. The fraction of sp³-hybridized carbons (Fsp3) is 0.333. The van der Waals surface area contributed by atoms with Crippen LogP contribution in [0.1, 0.15) is 12.5 Å². The van der Waals surface area contributed by atoms with Crippen molar-refractivity contribution in [2.75, 3.05) is 35.6 Å². The topological polar surface area (TPSA) is 67.1 Å². The van der Waals surface area contributed by atoms with Gasteiger partial charge in [0.1, 0.15) is 11.0 Å². The first-order chi connectivity index (χ1) is 10.1. The van der Waals surface area contributed by atoms with Gasteiger partial charge in [0, 0.05) is 31.4 Å². The molecule has 0 radical (unpaired) electrons. The summed E-state index contributed by atoms with van der Waals surface area (Å²) in [5, 5.41) is 3.56. The highest BCUT2D eigenvalue weighted by atomic mass is 35.5. The fourth-order valence-electron chi connectivity index (χ4n) is 2.14. The Hall–Kier alpha value is -2.01. The van der Waals surface area contributed by atoms with Crippen LogP contribution in [-0.4, -0.2) is 29.6 Å². The molecule has 0 aliphatic heterocycles. The minimum Gasteiger partial charge on any atom is -0.370 e. The van der Waals surface area contributed by atoms with Crippen molar-refractivity contribution in [1.82, 2.24) is 9.97 Å². The van der Waals surface area contributed by atoms with E-state index in [-0.39, 0.29) is 5.95 Å². The van der Waals surface area contributed by atoms with Gasteiger partial charge in [-0.05, 0) is 31.5 Å². The zero-order valence-corrected chi connectivity index (χ0v) is 13.1. The number of hydrogen-bond acceptors (Lipinski definition) is 5. The molecule has 0 amide bonds. The molecule has 1 heterocycles. The van der Waals surface area contributed by atoms with Crippen LogP contribution in [0.15, 0.2) is 30.3 Å². The number of anilines is 3. The summed E-state index contributed by atoms with van der Waals surface area (Å²) in [6.07, 6.45) is 0. The van der Waals surface area contributed by atoms with E-state index in [1.165, 1.54) is 11.3 Å². The van der Waals surface area contributed by atoms with Crippen LogP contribution in [0.25, 0.3) is 0 Å². The van der Waals surface area contributed by atoms with Crippen molar-refractivity contribution in [3.63, 3.8) is 0 Å². The van der Waals surface area contributed by atoms with Crippen molar-refractivity contribution < 1.29 is 0 Å². The van der Waals surface area contributed by atoms with Gasteiger partial charge in [-0.3, -0.25) is 0 Å². The van der Waals surface area contributed by atoms with Crippen LogP contribution in [0.4, 0.5) is 17.5 Å². The Kier molecular flexibility index (Phi) is 5.22. The number of nitrogens with two attached hydrogens (primary N) is 1. The first-order valence-electron chi connectivity index (χ1n) is 6.94. The lowest BCUT2D eigenvalue weighted by Crippen LogP contribution is -2.29. The van der Waals surface area contributed by atoms with Crippen LogP contribution in [-0.2, 0) is 0 Å². The van der Waals surface area contributed by atoms with Crippen molar-refractivity contribution in [3.05, 3.63) is 41.0 Å². The van der Waals surface area contributed by atoms with E-state index in [1.54, 1.807) is 6.07 Å². The van der Waals surface area contributed by atoms with E-state index < -0.39 is 0 Å². The summed E-state index contributed by atoms with van der Waals surface area (Å²) in [6.45, 7) is 6.79. The zero-order chi connectivity index (χ0) is 15.2. The first-order valence-corrected chi connectivity index (χ1v) is 7.32. The minimum atomic E-state index is 0.177. The summed E-state index contributed by atoms with van der Waals surface area (Å²) in [7, 11) is 0. The molecule has 21 heavy (non-hydrogen) atoms. The molecule has 0 unspecified atom stereocenters. The Morgan fingerprint density at radius 3 is 2.76 bits per heavy atom. The number of aromatic nitrogens is 2. The molecule has 3 N–H and O–H groups in total. The average Bonchev–Trinajstić information content (AvgIpc) is 2.42. The van der Waals surface area contributed by atoms with Gasteiger partial charge in [-0.25, -0.2) is 4.98 Å². The van der Waals surface area contributed by atoms with E-state index in [1.807, 2.05) is 0 Å². The maximum absolute atomic E-state index is 5.85. The average molecular weight is 306 g/mol. The largest absolute Gasteiger partial charge is 0.370 e. The van der Waals surface area contributed by atoms with E-state index in [9.17, 15) is 0 Å². The lowest BCUT2D eigenvalue weighted by Gasteiger charge is -2.23. The molecule has 0 aliphatic rings. The molecule has 1 aromatic heterocycles. The quantitative estimate of drug-likeness (QED) is 0.803. The molecule has 6 heteroatoms. The van der Waals surface area contributed by atoms with Gasteiger partial charge in [0.15, 0.2) is 0 Å². The van der Waals surface area contributed by atoms with Crippen LogP contribution >= 0.6 is 11.6 Å². The number of nitrogen functional groups attached to an aromatic ring is 1. The van der Waals surface area contributed by atoms with Crippen LogP contribution in [0.2, 0.25) is 5.15 Å². The van der Waals surface area contributed by atoms with Gasteiger partial charge in [0.25, 0.3) is 0 Å². The number of nitrogens with zero attached hydrogens (tertiary/aromatic N) is 3. The predicted molar refractivity (Wildman–Crippen MR) is 89.0 cm³/mol. The van der Waals surface area contributed by atoms with Crippen molar-refractivity contribution in [3.8, 4) is 0 Å². The SMILES string of the molecule is CCN(CCNc1cc(Cl)nc(N)n1)c1cccc(C)c1. The third-order valence-corrected chi connectivity index (χ3v) is 3.34. The Morgan fingerprint density at radius 1 is 1.29 bits per heavy atom. The van der Waals surface area contributed by atoms with E-state index in [0.29, 0.717) is 11.0 Å². The van der Waals surface area contributed by atoms with E-state index >= 15 is 0 Å². The van der Waals surface area contributed by atoms with E-state index in [2.05, 4.69) is 58.3 Å². The lowest BCUT2D eigenvalue weighted by atomic mass is 10.2. The first kappa shape index (κ1) is 15.4. The number of likely N-dealkylation sites (N-methyl/N-ethyl adjacent to an activating group) is 1. The standard InChI is InChI=1S/C15H20ClN5/c1-3-21(12-6-4-5-11(2)9-12)8-7-18-14-10-13(16)19-15(17)20-14/h4-6,9-10H,3,7-8H2,1-2H3,(H3,17,18,19,20). The van der Waals surface area contributed by atoms with Crippen molar-refractivity contribution in [2.45, 2.75) is 13.8 Å². The fourth-order valence-corrected chi connectivity index (χ4v) is 2.33. The number of benzene rings is 1. The van der Waals surface area contributed by atoms with Gasteiger partial charge < -0.3 is 16.0 Å².